The molecule has 1 aliphatic heterocycles. The highest BCUT2D eigenvalue weighted by molar-refractivity contribution is 6.62. The van der Waals surface area contributed by atoms with Crippen molar-refractivity contribution in [2.24, 2.45) is 0 Å². The zero-order valence-electron chi connectivity index (χ0n) is 14.1. The first-order valence-electron chi connectivity index (χ1n) is 8.07. The van der Waals surface area contributed by atoms with Crippen molar-refractivity contribution in [2.75, 3.05) is 11.9 Å². The second-order valence-electron chi connectivity index (χ2n) is 7.06. The third-order valence-corrected chi connectivity index (χ3v) is 4.62. The van der Waals surface area contributed by atoms with E-state index in [0.717, 1.165) is 11.2 Å². The lowest BCUT2D eigenvalue weighted by atomic mass is 9.80. The molecule has 2 heterocycles. The lowest BCUT2D eigenvalue weighted by molar-refractivity contribution is 0.00578. The first kappa shape index (κ1) is 15.6. The number of rotatable bonds is 5. The third-order valence-electron chi connectivity index (χ3n) is 4.62. The van der Waals surface area contributed by atoms with E-state index in [1.807, 2.05) is 13.0 Å². The molecule has 0 atom stereocenters. The topological polar surface area (TPSA) is 52.6 Å². The van der Waals surface area contributed by atoms with Gasteiger partial charge < -0.3 is 19.4 Å². The van der Waals surface area contributed by atoms with Gasteiger partial charge in [0, 0.05) is 17.7 Å². The Kier molecular flexibility index (Phi) is 3.85. The Bertz CT molecular complexity index is 542. The summed E-state index contributed by atoms with van der Waals surface area (Å²) in [5.41, 5.74) is 1.16. The van der Waals surface area contributed by atoms with Crippen LogP contribution in [0.2, 0.25) is 0 Å². The van der Waals surface area contributed by atoms with E-state index in [2.05, 4.69) is 38.0 Å². The molecule has 1 saturated heterocycles. The maximum Gasteiger partial charge on any atom is 0.496 e. The molecular formula is C16H25BN2O3. The Hall–Kier alpha value is -1.27. The summed E-state index contributed by atoms with van der Waals surface area (Å²) >= 11 is 0. The second-order valence-corrected chi connectivity index (χ2v) is 7.06. The van der Waals surface area contributed by atoms with Gasteiger partial charge >= 0.3 is 7.12 Å². The highest BCUT2D eigenvalue weighted by Crippen LogP contribution is 2.37. The van der Waals surface area contributed by atoms with Gasteiger partial charge in [-0.1, -0.05) is 0 Å². The van der Waals surface area contributed by atoms with Crippen molar-refractivity contribution in [2.45, 2.75) is 64.7 Å². The summed E-state index contributed by atoms with van der Waals surface area (Å²) in [6, 6.07) is 2.58. The highest BCUT2D eigenvalue weighted by Gasteiger charge is 2.52. The van der Waals surface area contributed by atoms with E-state index in [-0.39, 0.29) is 11.2 Å². The molecule has 1 aliphatic carbocycles. The van der Waals surface area contributed by atoms with Crippen LogP contribution in [-0.4, -0.2) is 36.0 Å². The lowest BCUT2D eigenvalue weighted by Gasteiger charge is -2.32. The Morgan fingerprint density at radius 1 is 1.27 bits per heavy atom. The van der Waals surface area contributed by atoms with Gasteiger partial charge in [0.2, 0.25) is 5.88 Å². The van der Waals surface area contributed by atoms with E-state index in [0.29, 0.717) is 18.5 Å². The number of hydrogen-bond acceptors (Lipinski definition) is 5. The molecule has 0 aromatic carbocycles. The molecular weight excluding hydrogens is 279 g/mol. The molecule has 0 radical (unpaired) electrons. The molecule has 1 saturated carbocycles. The minimum absolute atomic E-state index is 0.347. The molecule has 1 N–H and O–H groups in total. The maximum absolute atomic E-state index is 6.09. The SMILES string of the molecule is CCOc1ncc(B2OC(C)(C)C(C)(C)O2)cc1NC1CC1. The van der Waals surface area contributed by atoms with E-state index < -0.39 is 7.12 Å². The van der Waals surface area contributed by atoms with E-state index in [4.69, 9.17) is 14.0 Å². The van der Waals surface area contributed by atoms with Crippen molar-refractivity contribution >= 4 is 18.3 Å². The Morgan fingerprint density at radius 3 is 2.45 bits per heavy atom. The molecule has 2 fully saturated rings. The molecule has 0 unspecified atom stereocenters. The van der Waals surface area contributed by atoms with Crippen molar-refractivity contribution in [3.8, 4) is 5.88 Å². The Balaban J connectivity index is 1.85. The molecule has 22 heavy (non-hydrogen) atoms. The van der Waals surface area contributed by atoms with Crippen LogP contribution in [0.15, 0.2) is 12.3 Å². The van der Waals surface area contributed by atoms with Gasteiger partial charge in [-0.05, 0) is 53.5 Å². The quantitative estimate of drug-likeness (QED) is 0.846. The molecule has 120 valence electrons. The zero-order chi connectivity index (χ0) is 16.0. The molecule has 0 amide bonds. The van der Waals surface area contributed by atoms with E-state index in [1.165, 1.54) is 12.8 Å². The Labute approximate surface area is 132 Å². The highest BCUT2D eigenvalue weighted by atomic mass is 16.7. The van der Waals surface area contributed by atoms with Crippen molar-refractivity contribution in [1.29, 1.82) is 0 Å². The summed E-state index contributed by atoms with van der Waals surface area (Å²) in [6.07, 6.45) is 4.18. The normalized spacial score (nSPS) is 22.7. The molecule has 0 spiro atoms. The van der Waals surface area contributed by atoms with Gasteiger partial charge in [0.1, 0.15) is 0 Å². The summed E-state index contributed by atoms with van der Waals surface area (Å²) in [4.78, 5) is 4.44. The third kappa shape index (κ3) is 2.94. The fourth-order valence-electron chi connectivity index (χ4n) is 2.38. The van der Waals surface area contributed by atoms with Crippen LogP contribution in [0.3, 0.4) is 0 Å². The summed E-state index contributed by atoms with van der Waals surface area (Å²) in [7, 11) is -0.395. The van der Waals surface area contributed by atoms with Crippen LogP contribution in [-0.2, 0) is 9.31 Å². The van der Waals surface area contributed by atoms with Gasteiger partial charge in [-0.15, -0.1) is 0 Å². The minimum Gasteiger partial charge on any atom is -0.476 e. The van der Waals surface area contributed by atoms with Gasteiger partial charge in [-0.2, -0.15) is 0 Å². The maximum atomic E-state index is 6.09. The molecule has 3 rings (SSSR count). The van der Waals surface area contributed by atoms with Crippen LogP contribution in [0.25, 0.3) is 0 Å². The molecule has 1 aromatic heterocycles. The molecule has 1 aromatic rings. The monoisotopic (exact) mass is 304 g/mol. The predicted molar refractivity (Wildman–Crippen MR) is 87.8 cm³/mol. The summed E-state index contributed by atoms with van der Waals surface area (Å²) in [5.74, 6) is 0.648. The summed E-state index contributed by atoms with van der Waals surface area (Å²) in [6.45, 7) is 10.8. The van der Waals surface area contributed by atoms with Crippen LogP contribution >= 0.6 is 0 Å². The standard InChI is InChI=1S/C16H25BN2O3/c1-6-20-14-13(19-12-7-8-12)9-11(10-18-14)17-21-15(2,3)16(4,5)22-17/h9-10,12,19H,6-8H2,1-5H3. The van der Waals surface area contributed by atoms with E-state index in [9.17, 15) is 0 Å². The first-order chi connectivity index (χ1) is 10.3. The predicted octanol–water partition coefficient (Wildman–Crippen LogP) is 2.35. The average Bonchev–Trinajstić information content (AvgIpc) is 3.19. The number of ether oxygens (including phenoxy) is 1. The number of anilines is 1. The largest absolute Gasteiger partial charge is 0.496 e. The number of pyridine rings is 1. The van der Waals surface area contributed by atoms with E-state index >= 15 is 0 Å². The van der Waals surface area contributed by atoms with Gasteiger partial charge in [-0.3, -0.25) is 0 Å². The number of aromatic nitrogens is 1. The average molecular weight is 304 g/mol. The van der Waals surface area contributed by atoms with Gasteiger partial charge in [0.15, 0.2) is 0 Å². The summed E-state index contributed by atoms with van der Waals surface area (Å²) in [5, 5.41) is 3.48. The zero-order valence-corrected chi connectivity index (χ0v) is 14.1. The molecule has 6 heteroatoms. The van der Waals surface area contributed by atoms with Crippen LogP contribution in [0.1, 0.15) is 47.5 Å². The smallest absolute Gasteiger partial charge is 0.476 e. The number of nitrogens with zero attached hydrogens (tertiary/aromatic N) is 1. The van der Waals surface area contributed by atoms with E-state index in [1.54, 1.807) is 6.20 Å². The molecule has 5 nitrogen and oxygen atoms in total. The van der Waals surface area contributed by atoms with Crippen molar-refractivity contribution in [3.05, 3.63) is 12.3 Å². The van der Waals surface area contributed by atoms with Crippen LogP contribution in [0.4, 0.5) is 5.69 Å². The van der Waals surface area contributed by atoms with Gasteiger partial charge in [-0.25, -0.2) is 4.98 Å². The van der Waals surface area contributed by atoms with Gasteiger partial charge in [0.05, 0.1) is 23.5 Å². The lowest BCUT2D eigenvalue weighted by Crippen LogP contribution is -2.41. The van der Waals surface area contributed by atoms with Crippen molar-refractivity contribution < 1.29 is 14.0 Å². The summed E-state index contributed by atoms with van der Waals surface area (Å²) < 4.78 is 17.8. The molecule has 2 aliphatic rings. The Morgan fingerprint density at radius 2 is 1.91 bits per heavy atom. The van der Waals surface area contributed by atoms with Crippen LogP contribution < -0.4 is 15.5 Å². The van der Waals surface area contributed by atoms with Crippen molar-refractivity contribution in [3.63, 3.8) is 0 Å². The minimum atomic E-state index is -0.395. The first-order valence-corrected chi connectivity index (χ1v) is 8.07. The number of hydrogen-bond donors (Lipinski definition) is 1. The molecule has 0 bridgehead atoms. The number of nitrogens with one attached hydrogen (secondary N) is 1. The van der Waals surface area contributed by atoms with Crippen LogP contribution in [0.5, 0.6) is 5.88 Å². The van der Waals surface area contributed by atoms with Gasteiger partial charge in [0.25, 0.3) is 0 Å². The fourth-order valence-corrected chi connectivity index (χ4v) is 2.38. The fraction of sp³-hybridized carbons (Fsp3) is 0.688. The second kappa shape index (κ2) is 5.42. The van der Waals surface area contributed by atoms with Crippen molar-refractivity contribution in [1.82, 2.24) is 4.98 Å². The van der Waals surface area contributed by atoms with Crippen LogP contribution in [0, 0.1) is 0 Å².